The molecule has 17 heavy (non-hydrogen) atoms. The van der Waals surface area contributed by atoms with Crippen molar-refractivity contribution in [3.8, 4) is 0 Å². The molecule has 0 aliphatic heterocycles. The summed E-state index contributed by atoms with van der Waals surface area (Å²) in [6.45, 7) is 4.72. The van der Waals surface area contributed by atoms with Gasteiger partial charge in [0.2, 0.25) is 0 Å². The second-order valence-corrected chi connectivity index (χ2v) is 3.71. The lowest BCUT2D eigenvalue weighted by atomic mass is 10.2. The average molecular weight is 240 g/mol. The molecule has 0 aromatic heterocycles. The zero-order valence-corrected chi connectivity index (χ0v) is 10.00. The number of nitrogens with two attached hydrogens (primary N) is 1. The quantitative estimate of drug-likeness (QED) is 0.768. The van der Waals surface area contributed by atoms with Gasteiger partial charge in [-0.25, -0.2) is 4.39 Å². The first-order valence-electron chi connectivity index (χ1n) is 5.49. The molecule has 0 bridgehead atoms. The predicted molar refractivity (Wildman–Crippen MR) is 64.2 cm³/mol. The van der Waals surface area contributed by atoms with Crippen molar-refractivity contribution in [3.05, 3.63) is 29.6 Å². The first-order chi connectivity index (χ1) is 8.04. The molecule has 0 fully saturated rings. The zero-order valence-electron chi connectivity index (χ0n) is 10.00. The van der Waals surface area contributed by atoms with Crippen molar-refractivity contribution in [1.82, 2.24) is 5.32 Å². The molecule has 0 aliphatic carbocycles. The third kappa shape index (κ3) is 4.03. The number of benzene rings is 1. The number of halogens is 1. The summed E-state index contributed by atoms with van der Waals surface area (Å²) in [5.74, 6) is -0.925. The monoisotopic (exact) mass is 240 g/mol. The van der Waals surface area contributed by atoms with E-state index in [2.05, 4.69) is 5.32 Å². The Labute approximate surface area is 100.0 Å². The summed E-state index contributed by atoms with van der Waals surface area (Å²) >= 11 is 0. The fourth-order valence-corrected chi connectivity index (χ4v) is 1.35. The van der Waals surface area contributed by atoms with Crippen LogP contribution in [0.15, 0.2) is 18.2 Å². The lowest BCUT2D eigenvalue weighted by Crippen LogP contribution is -2.32. The van der Waals surface area contributed by atoms with Gasteiger partial charge in [-0.1, -0.05) is 0 Å². The molecule has 4 nitrogen and oxygen atoms in total. The van der Waals surface area contributed by atoms with Crippen LogP contribution in [-0.2, 0) is 4.74 Å². The lowest BCUT2D eigenvalue weighted by Gasteiger charge is -2.12. The smallest absolute Gasteiger partial charge is 0.251 e. The Kier molecular flexibility index (Phi) is 4.90. The van der Waals surface area contributed by atoms with Crippen LogP contribution in [0.1, 0.15) is 24.2 Å². The van der Waals surface area contributed by atoms with E-state index < -0.39 is 5.82 Å². The van der Waals surface area contributed by atoms with Crippen molar-refractivity contribution in [1.29, 1.82) is 0 Å². The molecule has 0 spiro atoms. The molecule has 5 heteroatoms. The molecule has 0 saturated heterocycles. The number of amides is 1. The maximum absolute atomic E-state index is 13.1. The summed E-state index contributed by atoms with van der Waals surface area (Å²) < 4.78 is 18.4. The molecule has 1 amide bonds. The Morgan fingerprint density at radius 1 is 1.59 bits per heavy atom. The van der Waals surface area contributed by atoms with Crippen LogP contribution in [0, 0.1) is 5.82 Å². The van der Waals surface area contributed by atoms with E-state index in [1.54, 1.807) is 0 Å². The van der Waals surface area contributed by atoms with Crippen molar-refractivity contribution in [2.45, 2.75) is 20.0 Å². The standard InChI is InChI=1S/C12H17FN2O2/c1-3-17-8(2)7-15-12(16)9-4-5-11(14)10(13)6-9/h4-6,8H,3,7,14H2,1-2H3,(H,15,16). The minimum atomic E-state index is -0.587. The molecule has 0 heterocycles. The first kappa shape index (κ1) is 13.4. The number of ether oxygens (including phenoxy) is 1. The van der Waals surface area contributed by atoms with Gasteiger partial charge in [0.1, 0.15) is 5.82 Å². The van der Waals surface area contributed by atoms with Crippen LogP contribution in [0.25, 0.3) is 0 Å². The van der Waals surface area contributed by atoms with Crippen LogP contribution in [0.4, 0.5) is 10.1 Å². The molecule has 3 N–H and O–H groups in total. The van der Waals surface area contributed by atoms with Crippen molar-refractivity contribution in [2.24, 2.45) is 0 Å². The van der Waals surface area contributed by atoms with E-state index in [0.29, 0.717) is 13.2 Å². The number of hydrogen-bond donors (Lipinski definition) is 2. The predicted octanol–water partition coefficient (Wildman–Crippen LogP) is 1.56. The third-order valence-electron chi connectivity index (χ3n) is 2.26. The van der Waals surface area contributed by atoms with Gasteiger partial charge in [0.15, 0.2) is 0 Å². The Morgan fingerprint density at radius 2 is 2.29 bits per heavy atom. The van der Waals surface area contributed by atoms with Gasteiger partial charge in [0.05, 0.1) is 11.8 Å². The van der Waals surface area contributed by atoms with Crippen molar-refractivity contribution in [3.63, 3.8) is 0 Å². The Morgan fingerprint density at radius 3 is 2.88 bits per heavy atom. The van der Waals surface area contributed by atoms with Crippen molar-refractivity contribution in [2.75, 3.05) is 18.9 Å². The number of rotatable bonds is 5. The van der Waals surface area contributed by atoms with Gasteiger partial charge in [-0.15, -0.1) is 0 Å². The van der Waals surface area contributed by atoms with E-state index >= 15 is 0 Å². The van der Waals surface area contributed by atoms with E-state index in [1.165, 1.54) is 12.1 Å². The molecule has 1 aromatic rings. The SMILES string of the molecule is CCOC(C)CNC(=O)c1ccc(N)c(F)c1. The second-order valence-electron chi connectivity index (χ2n) is 3.71. The van der Waals surface area contributed by atoms with Gasteiger partial charge in [0, 0.05) is 18.7 Å². The summed E-state index contributed by atoms with van der Waals surface area (Å²) in [4.78, 5) is 11.6. The third-order valence-corrected chi connectivity index (χ3v) is 2.26. The van der Waals surface area contributed by atoms with Gasteiger partial charge >= 0.3 is 0 Å². The fraction of sp³-hybridized carbons (Fsp3) is 0.417. The summed E-state index contributed by atoms with van der Waals surface area (Å²) in [7, 11) is 0. The average Bonchev–Trinajstić information content (AvgIpc) is 2.30. The van der Waals surface area contributed by atoms with Gasteiger partial charge in [-0.2, -0.15) is 0 Å². The fourth-order valence-electron chi connectivity index (χ4n) is 1.35. The first-order valence-corrected chi connectivity index (χ1v) is 5.49. The molecular weight excluding hydrogens is 223 g/mol. The van der Waals surface area contributed by atoms with Gasteiger partial charge in [-0.3, -0.25) is 4.79 Å². The molecule has 94 valence electrons. The summed E-state index contributed by atoms with van der Waals surface area (Å²) in [6, 6.07) is 3.98. The number of carbonyl (C=O) groups excluding carboxylic acids is 1. The Bertz CT molecular complexity index is 396. The van der Waals surface area contributed by atoms with Crippen LogP contribution in [0.5, 0.6) is 0 Å². The topological polar surface area (TPSA) is 64.3 Å². The summed E-state index contributed by atoms with van der Waals surface area (Å²) in [6.07, 6.45) is -0.0671. The Hall–Kier alpha value is -1.62. The maximum Gasteiger partial charge on any atom is 0.251 e. The van der Waals surface area contributed by atoms with E-state index in [1.807, 2.05) is 13.8 Å². The van der Waals surface area contributed by atoms with Gasteiger partial charge < -0.3 is 15.8 Å². The minimum absolute atomic E-state index is 0.0317. The van der Waals surface area contributed by atoms with Crippen LogP contribution in [0.2, 0.25) is 0 Å². The largest absolute Gasteiger partial charge is 0.396 e. The van der Waals surface area contributed by atoms with Gasteiger partial charge in [0.25, 0.3) is 5.91 Å². The number of nitrogens with one attached hydrogen (secondary N) is 1. The number of carbonyl (C=O) groups is 1. The molecule has 0 saturated carbocycles. The number of anilines is 1. The zero-order chi connectivity index (χ0) is 12.8. The van der Waals surface area contributed by atoms with E-state index in [0.717, 1.165) is 6.07 Å². The molecule has 0 aliphatic rings. The highest BCUT2D eigenvalue weighted by molar-refractivity contribution is 5.94. The molecule has 0 radical (unpaired) electrons. The summed E-state index contributed by atoms with van der Waals surface area (Å²) in [5, 5.41) is 2.66. The van der Waals surface area contributed by atoms with E-state index in [4.69, 9.17) is 10.5 Å². The van der Waals surface area contributed by atoms with Crippen LogP contribution < -0.4 is 11.1 Å². The highest BCUT2D eigenvalue weighted by atomic mass is 19.1. The van der Waals surface area contributed by atoms with Crippen LogP contribution in [0.3, 0.4) is 0 Å². The molecule has 1 atom stereocenters. The highest BCUT2D eigenvalue weighted by Crippen LogP contribution is 2.11. The van der Waals surface area contributed by atoms with Crippen molar-refractivity contribution >= 4 is 11.6 Å². The second kappa shape index (κ2) is 6.20. The molecule has 1 unspecified atom stereocenters. The summed E-state index contributed by atoms with van der Waals surface area (Å²) in [5.41, 5.74) is 5.61. The van der Waals surface area contributed by atoms with E-state index in [9.17, 15) is 9.18 Å². The molecule has 1 aromatic carbocycles. The minimum Gasteiger partial charge on any atom is -0.396 e. The van der Waals surface area contributed by atoms with E-state index in [-0.39, 0.29) is 23.3 Å². The van der Waals surface area contributed by atoms with Gasteiger partial charge in [-0.05, 0) is 32.0 Å². The van der Waals surface area contributed by atoms with Crippen molar-refractivity contribution < 1.29 is 13.9 Å². The van der Waals surface area contributed by atoms with Crippen LogP contribution in [-0.4, -0.2) is 25.2 Å². The van der Waals surface area contributed by atoms with Crippen LogP contribution >= 0.6 is 0 Å². The normalized spacial score (nSPS) is 12.2. The number of nitrogen functional groups attached to an aromatic ring is 1. The lowest BCUT2D eigenvalue weighted by molar-refractivity contribution is 0.0695. The maximum atomic E-state index is 13.1. The molecule has 1 rings (SSSR count). The number of hydrogen-bond acceptors (Lipinski definition) is 3. The Balaban J connectivity index is 2.55. The molecular formula is C12H17FN2O2. The highest BCUT2D eigenvalue weighted by Gasteiger charge is 2.09.